The van der Waals surface area contributed by atoms with Crippen molar-refractivity contribution in [3.8, 4) is 0 Å². The van der Waals surface area contributed by atoms with Crippen LogP contribution in [0.15, 0.2) is 42.5 Å². The molecule has 0 spiro atoms. The molecule has 0 aromatic heterocycles. The molecule has 0 saturated carbocycles. The minimum absolute atomic E-state index is 0.127. The van der Waals surface area contributed by atoms with E-state index < -0.39 is 10.0 Å². The fourth-order valence-corrected chi connectivity index (χ4v) is 3.90. The maximum Gasteiger partial charge on any atom is 0.253 e. The summed E-state index contributed by atoms with van der Waals surface area (Å²) in [7, 11) is -3.42. The molecular formula is C20H24FN3O3S. The number of rotatable bonds is 4. The number of nitrogens with zero attached hydrogens (tertiary/aromatic N) is 2. The lowest BCUT2D eigenvalue weighted by molar-refractivity contribution is 0.0767. The molecule has 0 unspecified atom stereocenters. The number of nitrogens with one attached hydrogen (secondary N) is 1. The topological polar surface area (TPSA) is 69.7 Å². The molecule has 0 radical (unpaired) electrons. The summed E-state index contributed by atoms with van der Waals surface area (Å²) in [5, 5.41) is 0. The Kier molecular flexibility index (Phi) is 5.88. The molecule has 1 aliphatic rings. The highest BCUT2D eigenvalue weighted by Crippen LogP contribution is 2.21. The lowest BCUT2D eigenvalue weighted by Crippen LogP contribution is -2.35. The first-order valence-corrected chi connectivity index (χ1v) is 11.0. The molecule has 1 fully saturated rings. The molecule has 0 aliphatic carbocycles. The second-order valence-corrected chi connectivity index (χ2v) is 8.76. The molecule has 0 atom stereocenters. The van der Waals surface area contributed by atoms with Gasteiger partial charge in [0.2, 0.25) is 10.0 Å². The number of carbonyl (C=O) groups excluding carboxylic acids is 1. The highest BCUT2D eigenvalue weighted by atomic mass is 32.2. The van der Waals surface area contributed by atoms with Crippen LogP contribution in [0.1, 0.15) is 22.3 Å². The second kappa shape index (κ2) is 8.18. The van der Waals surface area contributed by atoms with Crippen LogP contribution in [-0.4, -0.2) is 51.7 Å². The zero-order valence-electron chi connectivity index (χ0n) is 16.0. The Morgan fingerprint density at radius 1 is 1.04 bits per heavy atom. The first kappa shape index (κ1) is 20.1. The van der Waals surface area contributed by atoms with Gasteiger partial charge in [-0.2, -0.15) is 0 Å². The van der Waals surface area contributed by atoms with Gasteiger partial charge in [-0.15, -0.1) is 0 Å². The van der Waals surface area contributed by atoms with Crippen LogP contribution in [0.5, 0.6) is 0 Å². The third-order valence-electron chi connectivity index (χ3n) is 4.75. The predicted molar refractivity (Wildman–Crippen MR) is 109 cm³/mol. The molecule has 6 nitrogen and oxygen atoms in total. The molecule has 1 N–H and O–H groups in total. The molecular weight excluding hydrogens is 381 g/mol. The van der Waals surface area contributed by atoms with Crippen molar-refractivity contribution in [2.75, 3.05) is 42.1 Å². The molecule has 2 aromatic rings. The van der Waals surface area contributed by atoms with E-state index in [1.165, 1.54) is 12.1 Å². The quantitative estimate of drug-likeness (QED) is 0.849. The zero-order valence-corrected chi connectivity index (χ0v) is 16.8. The van der Waals surface area contributed by atoms with Crippen LogP contribution in [0, 0.1) is 12.7 Å². The largest absolute Gasteiger partial charge is 0.370 e. The summed E-state index contributed by atoms with van der Waals surface area (Å²) in [4.78, 5) is 16.9. The molecule has 1 aliphatic heterocycles. The van der Waals surface area contributed by atoms with E-state index in [9.17, 15) is 17.6 Å². The van der Waals surface area contributed by atoms with Crippen LogP contribution in [0.4, 0.5) is 15.8 Å². The Hall–Kier alpha value is -2.61. The standard InChI is InChI=1S/C20H24FN3O3S/c1-15-4-5-16(14-19(15)22-28(2,26)27)20(25)24-11-3-10-23(12-13-24)18-8-6-17(21)7-9-18/h4-9,14,22H,3,10-13H2,1-2H3. The number of anilines is 2. The highest BCUT2D eigenvalue weighted by Gasteiger charge is 2.21. The van der Waals surface area contributed by atoms with Gasteiger partial charge >= 0.3 is 0 Å². The minimum atomic E-state index is -3.42. The fourth-order valence-electron chi connectivity index (χ4n) is 3.28. The summed E-state index contributed by atoms with van der Waals surface area (Å²) in [6, 6.07) is 11.4. The first-order valence-electron chi connectivity index (χ1n) is 9.11. The number of aryl methyl sites for hydroxylation is 1. The fraction of sp³-hybridized carbons (Fsp3) is 0.350. The lowest BCUT2D eigenvalue weighted by Gasteiger charge is -2.24. The van der Waals surface area contributed by atoms with E-state index >= 15 is 0 Å². The maximum atomic E-state index is 13.1. The highest BCUT2D eigenvalue weighted by molar-refractivity contribution is 7.92. The van der Waals surface area contributed by atoms with Crippen LogP contribution in [0.25, 0.3) is 0 Å². The molecule has 3 rings (SSSR count). The number of sulfonamides is 1. The van der Waals surface area contributed by atoms with Gasteiger partial charge in [-0.05, 0) is 55.3 Å². The smallest absolute Gasteiger partial charge is 0.253 e. The Labute approximate surface area is 165 Å². The Balaban J connectivity index is 1.73. The van der Waals surface area contributed by atoms with Crippen molar-refractivity contribution in [2.24, 2.45) is 0 Å². The number of hydrogen-bond acceptors (Lipinski definition) is 4. The van der Waals surface area contributed by atoms with Gasteiger partial charge in [-0.3, -0.25) is 9.52 Å². The normalized spacial score (nSPS) is 15.2. The predicted octanol–water partition coefficient (Wildman–Crippen LogP) is 2.86. The Morgan fingerprint density at radius 3 is 2.43 bits per heavy atom. The number of hydrogen-bond donors (Lipinski definition) is 1. The molecule has 1 amide bonds. The van der Waals surface area contributed by atoms with E-state index in [1.54, 1.807) is 42.2 Å². The van der Waals surface area contributed by atoms with E-state index in [-0.39, 0.29) is 11.7 Å². The maximum absolute atomic E-state index is 13.1. The van der Waals surface area contributed by atoms with Crippen molar-refractivity contribution >= 4 is 27.3 Å². The summed E-state index contributed by atoms with van der Waals surface area (Å²) >= 11 is 0. The monoisotopic (exact) mass is 405 g/mol. The van der Waals surface area contributed by atoms with Crippen molar-refractivity contribution in [3.05, 3.63) is 59.4 Å². The van der Waals surface area contributed by atoms with Gasteiger partial charge in [-0.1, -0.05) is 6.07 Å². The minimum Gasteiger partial charge on any atom is -0.370 e. The molecule has 8 heteroatoms. The summed E-state index contributed by atoms with van der Waals surface area (Å²) in [5.74, 6) is -0.397. The van der Waals surface area contributed by atoms with Gasteiger partial charge in [0.05, 0.1) is 11.9 Å². The molecule has 150 valence electrons. The number of amides is 1. The molecule has 2 aromatic carbocycles. The SMILES string of the molecule is Cc1ccc(C(=O)N2CCCN(c3ccc(F)cc3)CC2)cc1NS(C)(=O)=O. The van der Waals surface area contributed by atoms with Crippen molar-refractivity contribution < 1.29 is 17.6 Å². The van der Waals surface area contributed by atoms with E-state index in [1.807, 2.05) is 0 Å². The van der Waals surface area contributed by atoms with Crippen molar-refractivity contribution in [1.82, 2.24) is 4.90 Å². The van der Waals surface area contributed by atoms with Crippen LogP contribution < -0.4 is 9.62 Å². The van der Waals surface area contributed by atoms with E-state index in [2.05, 4.69) is 9.62 Å². The molecule has 1 heterocycles. The van der Waals surface area contributed by atoms with Crippen molar-refractivity contribution in [1.29, 1.82) is 0 Å². The third kappa shape index (κ3) is 5.01. The van der Waals surface area contributed by atoms with Crippen LogP contribution in [0.3, 0.4) is 0 Å². The van der Waals surface area contributed by atoms with Crippen molar-refractivity contribution in [2.45, 2.75) is 13.3 Å². The van der Waals surface area contributed by atoms with Gasteiger partial charge in [0.1, 0.15) is 5.82 Å². The summed E-state index contributed by atoms with van der Waals surface area (Å²) in [6.45, 7) is 4.37. The van der Waals surface area contributed by atoms with Gasteiger partial charge in [-0.25, -0.2) is 12.8 Å². The summed E-state index contributed by atoms with van der Waals surface area (Å²) in [5.41, 5.74) is 2.55. The Bertz CT molecular complexity index is 961. The molecule has 28 heavy (non-hydrogen) atoms. The summed E-state index contributed by atoms with van der Waals surface area (Å²) in [6.07, 6.45) is 1.88. The third-order valence-corrected chi connectivity index (χ3v) is 5.35. The average Bonchev–Trinajstić information content (AvgIpc) is 2.89. The van der Waals surface area contributed by atoms with Crippen molar-refractivity contribution in [3.63, 3.8) is 0 Å². The first-order chi connectivity index (χ1) is 13.2. The van der Waals surface area contributed by atoms with E-state index in [0.29, 0.717) is 30.9 Å². The van der Waals surface area contributed by atoms with Gasteiger partial charge in [0.25, 0.3) is 5.91 Å². The lowest BCUT2D eigenvalue weighted by atomic mass is 10.1. The number of benzene rings is 2. The van der Waals surface area contributed by atoms with Crippen LogP contribution in [0.2, 0.25) is 0 Å². The van der Waals surface area contributed by atoms with Gasteiger partial charge < -0.3 is 9.80 Å². The number of halogens is 1. The second-order valence-electron chi connectivity index (χ2n) is 7.01. The number of carbonyl (C=O) groups is 1. The summed E-state index contributed by atoms with van der Waals surface area (Å²) < 4.78 is 38.7. The zero-order chi connectivity index (χ0) is 20.3. The van der Waals surface area contributed by atoms with Crippen LogP contribution in [-0.2, 0) is 10.0 Å². The average molecular weight is 405 g/mol. The van der Waals surface area contributed by atoms with Crippen LogP contribution >= 0.6 is 0 Å². The van der Waals surface area contributed by atoms with Gasteiger partial charge in [0.15, 0.2) is 0 Å². The Morgan fingerprint density at radius 2 is 1.75 bits per heavy atom. The molecule has 1 saturated heterocycles. The van der Waals surface area contributed by atoms with Gasteiger partial charge in [0, 0.05) is 37.4 Å². The van der Waals surface area contributed by atoms with E-state index in [4.69, 9.17) is 0 Å². The molecule has 0 bridgehead atoms. The van der Waals surface area contributed by atoms with E-state index in [0.717, 1.165) is 30.5 Å².